The molecule has 5 nitrogen and oxygen atoms in total. The van der Waals surface area contributed by atoms with Crippen LogP contribution in [0.25, 0.3) is 0 Å². The Labute approximate surface area is 96.4 Å². The lowest BCUT2D eigenvalue weighted by Gasteiger charge is -2.32. The Morgan fingerprint density at radius 2 is 2.50 bits per heavy atom. The third kappa shape index (κ3) is 2.54. The van der Waals surface area contributed by atoms with Gasteiger partial charge in [-0.25, -0.2) is 4.98 Å². The standard InChI is InChI=1S/C11H20N4O/c1-10-9-15(6-3-12-10)11-13-4-5-14(11)7-8-16-2/h4-5,10,12H,3,6-9H2,1-2H3/t10-/m1/s1. The van der Waals surface area contributed by atoms with Gasteiger partial charge in [-0.05, 0) is 6.92 Å². The maximum Gasteiger partial charge on any atom is 0.205 e. The summed E-state index contributed by atoms with van der Waals surface area (Å²) in [6, 6.07) is 0.529. The summed E-state index contributed by atoms with van der Waals surface area (Å²) in [5.41, 5.74) is 0. The molecule has 1 aromatic rings. The number of hydrogen-bond donors (Lipinski definition) is 1. The smallest absolute Gasteiger partial charge is 0.205 e. The van der Waals surface area contributed by atoms with Crippen LogP contribution in [-0.4, -0.2) is 48.9 Å². The predicted octanol–water partition coefficient (Wildman–Crippen LogP) is 0.328. The van der Waals surface area contributed by atoms with Gasteiger partial charge in [-0.2, -0.15) is 0 Å². The first-order valence-electron chi connectivity index (χ1n) is 5.79. The molecule has 0 saturated carbocycles. The van der Waals surface area contributed by atoms with E-state index in [1.165, 1.54) is 0 Å². The molecule has 16 heavy (non-hydrogen) atoms. The van der Waals surface area contributed by atoms with Crippen LogP contribution in [0.2, 0.25) is 0 Å². The summed E-state index contributed by atoms with van der Waals surface area (Å²) in [6.45, 7) is 6.86. The summed E-state index contributed by atoms with van der Waals surface area (Å²) in [6.07, 6.45) is 3.87. The fourth-order valence-electron chi connectivity index (χ4n) is 2.06. The van der Waals surface area contributed by atoms with E-state index in [1.54, 1.807) is 7.11 Å². The van der Waals surface area contributed by atoms with Crippen molar-refractivity contribution in [3.63, 3.8) is 0 Å². The summed E-state index contributed by atoms with van der Waals surface area (Å²) >= 11 is 0. The molecule has 0 unspecified atom stereocenters. The van der Waals surface area contributed by atoms with Crippen LogP contribution in [0, 0.1) is 0 Å². The van der Waals surface area contributed by atoms with E-state index in [1.807, 2.05) is 12.4 Å². The second kappa shape index (κ2) is 5.32. The van der Waals surface area contributed by atoms with Crippen LogP contribution >= 0.6 is 0 Å². The van der Waals surface area contributed by atoms with Crippen molar-refractivity contribution in [2.24, 2.45) is 0 Å². The first-order valence-corrected chi connectivity index (χ1v) is 5.79. The first kappa shape index (κ1) is 11.4. The number of imidazole rings is 1. The molecule has 5 heteroatoms. The fraction of sp³-hybridized carbons (Fsp3) is 0.727. The zero-order chi connectivity index (χ0) is 11.4. The van der Waals surface area contributed by atoms with E-state index in [0.29, 0.717) is 6.04 Å². The molecule has 1 aromatic heterocycles. The zero-order valence-corrected chi connectivity index (χ0v) is 10.0. The fourth-order valence-corrected chi connectivity index (χ4v) is 2.06. The number of anilines is 1. The molecule has 1 atom stereocenters. The highest BCUT2D eigenvalue weighted by Crippen LogP contribution is 2.13. The molecule has 0 spiro atoms. The lowest BCUT2D eigenvalue weighted by atomic mass is 10.2. The molecular weight excluding hydrogens is 204 g/mol. The molecule has 0 aliphatic carbocycles. The van der Waals surface area contributed by atoms with E-state index >= 15 is 0 Å². The Hall–Kier alpha value is -1.07. The minimum absolute atomic E-state index is 0.529. The van der Waals surface area contributed by atoms with Gasteiger partial charge in [0.2, 0.25) is 5.95 Å². The number of rotatable bonds is 4. The van der Waals surface area contributed by atoms with Crippen LogP contribution in [0.4, 0.5) is 5.95 Å². The molecule has 2 heterocycles. The van der Waals surface area contributed by atoms with Gasteiger partial charge in [-0.3, -0.25) is 0 Å². The first-order chi connectivity index (χ1) is 7.81. The van der Waals surface area contributed by atoms with E-state index < -0.39 is 0 Å². The Balaban J connectivity index is 2.04. The number of ether oxygens (including phenoxy) is 1. The molecule has 1 aliphatic rings. The summed E-state index contributed by atoms with van der Waals surface area (Å²) in [4.78, 5) is 6.76. The minimum atomic E-state index is 0.529. The molecule has 1 fully saturated rings. The topological polar surface area (TPSA) is 42.3 Å². The number of hydrogen-bond acceptors (Lipinski definition) is 4. The lowest BCUT2D eigenvalue weighted by molar-refractivity contribution is 0.187. The quantitative estimate of drug-likeness (QED) is 0.800. The molecule has 0 amide bonds. The van der Waals surface area contributed by atoms with Crippen molar-refractivity contribution in [1.29, 1.82) is 0 Å². The monoisotopic (exact) mass is 224 g/mol. The summed E-state index contributed by atoms with van der Waals surface area (Å²) in [5, 5.41) is 3.43. The molecule has 2 rings (SSSR count). The van der Waals surface area contributed by atoms with Gasteiger partial charge in [0.15, 0.2) is 0 Å². The molecule has 1 N–H and O–H groups in total. The second-order valence-electron chi connectivity index (χ2n) is 4.21. The third-order valence-corrected chi connectivity index (χ3v) is 2.88. The molecule has 0 bridgehead atoms. The predicted molar refractivity (Wildman–Crippen MR) is 63.8 cm³/mol. The highest BCUT2D eigenvalue weighted by molar-refractivity contribution is 5.32. The van der Waals surface area contributed by atoms with Gasteiger partial charge >= 0.3 is 0 Å². The van der Waals surface area contributed by atoms with Crippen LogP contribution < -0.4 is 10.2 Å². The molecule has 0 radical (unpaired) electrons. The van der Waals surface area contributed by atoms with Crippen molar-refractivity contribution in [2.75, 3.05) is 38.3 Å². The van der Waals surface area contributed by atoms with E-state index in [2.05, 4.69) is 26.7 Å². The van der Waals surface area contributed by atoms with E-state index in [4.69, 9.17) is 4.74 Å². The Bertz CT molecular complexity index is 326. The maximum atomic E-state index is 5.10. The van der Waals surface area contributed by atoms with Crippen LogP contribution in [0.1, 0.15) is 6.92 Å². The van der Waals surface area contributed by atoms with Crippen molar-refractivity contribution in [1.82, 2.24) is 14.9 Å². The summed E-state index contributed by atoms with van der Waals surface area (Å²) in [5.74, 6) is 1.06. The van der Waals surface area contributed by atoms with Crippen LogP contribution in [0.15, 0.2) is 12.4 Å². The number of piperazine rings is 1. The molecule has 1 saturated heterocycles. The van der Waals surface area contributed by atoms with E-state index in [9.17, 15) is 0 Å². The lowest BCUT2D eigenvalue weighted by Crippen LogP contribution is -2.50. The van der Waals surface area contributed by atoms with Crippen LogP contribution in [0.5, 0.6) is 0 Å². The van der Waals surface area contributed by atoms with Gasteiger partial charge < -0.3 is 19.5 Å². The van der Waals surface area contributed by atoms with Gasteiger partial charge in [-0.1, -0.05) is 0 Å². The van der Waals surface area contributed by atoms with Gasteiger partial charge in [0, 0.05) is 51.7 Å². The van der Waals surface area contributed by atoms with Crippen molar-refractivity contribution < 1.29 is 4.74 Å². The van der Waals surface area contributed by atoms with Crippen LogP contribution in [0.3, 0.4) is 0 Å². The molecule has 1 aliphatic heterocycles. The van der Waals surface area contributed by atoms with Crippen LogP contribution in [-0.2, 0) is 11.3 Å². The van der Waals surface area contributed by atoms with Gasteiger partial charge in [0.25, 0.3) is 0 Å². The molecular formula is C11H20N4O. The average Bonchev–Trinajstić information content (AvgIpc) is 2.74. The van der Waals surface area contributed by atoms with Crippen molar-refractivity contribution in [3.8, 4) is 0 Å². The molecule has 0 aromatic carbocycles. The third-order valence-electron chi connectivity index (χ3n) is 2.88. The van der Waals surface area contributed by atoms with E-state index in [-0.39, 0.29) is 0 Å². The number of nitrogens with one attached hydrogen (secondary N) is 1. The number of aromatic nitrogens is 2. The number of nitrogens with zero attached hydrogens (tertiary/aromatic N) is 3. The number of methoxy groups -OCH3 is 1. The molecule has 90 valence electrons. The summed E-state index contributed by atoms with van der Waals surface area (Å²) in [7, 11) is 1.73. The second-order valence-corrected chi connectivity index (χ2v) is 4.21. The Morgan fingerprint density at radius 1 is 1.62 bits per heavy atom. The normalized spacial score (nSPS) is 21.4. The zero-order valence-electron chi connectivity index (χ0n) is 10.0. The SMILES string of the molecule is COCCn1ccnc1N1CCN[C@H](C)C1. The Morgan fingerprint density at radius 3 is 3.25 bits per heavy atom. The van der Waals surface area contributed by atoms with Crippen molar-refractivity contribution in [3.05, 3.63) is 12.4 Å². The van der Waals surface area contributed by atoms with Gasteiger partial charge in [-0.15, -0.1) is 0 Å². The Kier molecular flexibility index (Phi) is 3.79. The highest BCUT2D eigenvalue weighted by Gasteiger charge is 2.19. The van der Waals surface area contributed by atoms with Crippen molar-refractivity contribution >= 4 is 5.95 Å². The summed E-state index contributed by atoms with van der Waals surface area (Å²) < 4.78 is 7.25. The van der Waals surface area contributed by atoms with Gasteiger partial charge in [0.1, 0.15) is 0 Å². The minimum Gasteiger partial charge on any atom is -0.383 e. The van der Waals surface area contributed by atoms with E-state index in [0.717, 1.165) is 38.7 Å². The van der Waals surface area contributed by atoms with Crippen molar-refractivity contribution in [2.45, 2.75) is 19.5 Å². The average molecular weight is 224 g/mol. The highest BCUT2D eigenvalue weighted by atomic mass is 16.5. The maximum absolute atomic E-state index is 5.10. The largest absolute Gasteiger partial charge is 0.383 e. The van der Waals surface area contributed by atoms with Gasteiger partial charge in [0.05, 0.1) is 6.61 Å².